The topological polar surface area (TPSA) is 63.1 Å². The Morgan fingerprint density at radius 3 is 2.61 bits per heavy atom. The standard InChI is InChI=1S/C18H22N2O3/c1-14-3-5-15(6-4-14)13-23-17-8-7-16(11-18(17)22-2)12-20-19-9-10-21/h3-8,11-12,19,21H,9-10,13H2,1-2H3. The van der Waals surface area contributed by atoms with Crippen LogP contribution in [0.2, 0.25) is 0 Å². The number of hydrazone groups is 1. The molecule has 0 aromatic heterocycles. The maximum atomic E-state index is 8.68. The van der Waals surface area contributed by atoms with Crippen molar-refractivity contribution in [3.63, 3.8) is 0 Å². The molecule has 0 radical (unpaired) electrons. The first-order chi connectivity index (χ1) is 11.2. The van der Waals surface area contributed by atoms with Gasteiger partial charge in [0.1, 0.15) is 6.61 Å². The van der Waals surface area contributed by atoms with Crippen molar-refractivity contribution in [1.29, 1.82) is 0 Å². The van der Waals surface area contributed by atoms with E-state index in [1.54, 1.807) is 13.3 Å². The van der Waals surface area contributed by atoms with Crippen LogP contribution >= 0.6 is 0 Å². The highest BCUT2D eigenvalue weighted by Crippen LogP contribution is 2.28. The number of ether oxygens (including phenoxy) is 2. The van der Waals surface area contributed by atoms with Gasteiger partial charge in [0, 0.05) is 0 Å². The summed E-state index contributed by atoms with van der Waals surface area (Å²) in [6, 6.07) is 13.8. The summed E-state index contributed by atoms with van der Waals surface area (Å²) in [5.41, 5.74) is 5.95. The molecule has 0 saturated carbocycles. The van der Waals surface area contributed by atoms with Gasteiger partial charge in [-0.3, -0.25) is 0 Å². The third kappa shape index (κ3) is 5.30. The molecule has 23 heavy (non-hydrogen) atoms. The highest BCUT2D eigenvalue weighted by atomic mass is 16.5. The molecule has 2 N–H and O–H groups in total. The third-order valence-corrected chi connectivity index (χ3v) is 3.23. The fraction of sp³-hybridized carbons (Fsp3) is 0.278. The monoisotopic (exact) mass is 314 g/mol. The molecule has 2 rings (SSSR count). The van der Waals surface area contributed by atoms with Crippen molar-refractivity contribution in [2.75, 3.05) is 20.3 Å². The number of aryl methyl sites for hydroxylation is 1. The van der Waals surface area contributed by atoms with E-state index in [-0.39, 0.29) is 6.61 Å². The number of benzene rings is 2. The van der Waals surface area contributed by atoms with Crippen LogP contribution in [0.1, 0.15) is 16.7 Å². The first-order valence-corrected chi connectivity index (χ1v) is 7.46. The van der Waals surface area contributed by atoms with E-state index in [2.05, 4.69) is 41.7 Å². The largest absolute Gasteiger partial charge is 0.493 e. The van der Waals surface area contributed by atoms with Crippen LogP contribution in [-0.2, 0) is 6.61 Å². The Morgan fingerprint density at radius 1 is 1.13 bits per heavy atom. The van der Waals surface area contributed by atoms with Crippen LogP contribution in [0.4, 0.5) is 0 Å². The molecule has 122 valence electrons. The zero-order chi connectivity index (χ0) is 16.5. The number of nitrogens with one attached hydrogen (secondary N) is 1. The van der Waals surface area contributed by atoms with Gasteiger partial charge in [-0.1, -0.05) is 29.8 Å². The van der Waals surface area contributed by atoms with Crippen molar-refractivity contribution in [2.45, 2.75) is 13.5 Å². The predicted molar refractivity (Wildman–Crippen MR) is 91.2 cm³/mol. The van der Waals surface area contributed by atoms with Gasteiger partial charge in [-0.05, 0) is 36.2 Å². The average molecular weight is 314 g/mol. The normalized spacial score (nSPS) is 10.7. The average Bonchev–Trinajstić information content (AvgIpc) is 2.58. The van der Waals surface area contributed by atoms with Gasteiger partial charge in [0.25, 0.3) is 0 Å². The van der Waals surface area contributed by atoms with E-state index in [1.165, 1.54) is 5.56 Å². The van der Waals surface area contributed by atoms with Gasteiger partial charge in [-0.2, -0.15) is 5.10 Å². The minimum absolute atomic E-state index is 0.0481. The molecule has 0 aliphatic heterocycles. The lowest BCUT2D eigenvalue weighted by molar-refractivity contribution is 0.284. The SMILES string of the molecule is COc1cc(C=NNCCO)ccc1OCc1ccc(C)cc1. The van der Waals surface area contributed by atoms with Crippen LogP contribution in [-0.4, -0.2) is 31.6 Å². The Kier molecular flexibility index (Phi) is 6.44. The Labute approximate surface area is 136 Å². The van der Waals surface area contributed by atoms with E-state index in [0.717, 1.165) is 11.1 Å². The molecule has 5 nitrogen and oxygen atoms in total. The second kappa shape index (κ2) is 8.80. The lowest BCUT2D eigenvalue weighted by Gasteiger charge is -2.11. The Bertz CT molecular complexity index is 639. The Morgan fingerprint density at radius 2 is 1.91 bits per heavy atom. The van der Waals surface area contributed by atoms with E-state index < -0.39 is 0 Å². The van der Waals surface area contributed by atoms with E-state index in [4.69, 9.17) is 14.6 Å². The molecule has 0 bridgehead atoms. The summed E-state index contributed by atoms with van der Waals surface area (Å²) in [5.74, 6) is 1.34. The molecule has 0 aliphatic carbocycles. The summed E-state index contributed by atoms with van der Waals surface area (Å²) in [4.78, 5) is 0. The molecule has 2 aromatic carbocycles. The van der Waals surface area contributed by atoms with Gasteiger partial charge in [0.05, 0.1) is 26.5 Å². The van der Waals surface area contributed by atoms with Crippen LogP contribution in [0.3, 0.4) is 0 Å². The van der Waals surface area contributed by atoms with Crippen molar-refractivity contribution in [3.8, 4) is 11.5 Å². The van der Waals surface area contributed by atoms with Crippen molar-refractivity contribution in [2.24, 2.45) is 5.10 Å². The van der Waals surface area contributed by atoms with Crippen LogP contribution in [0.15, 0.2) is 47.6 Å². The maximum absolute atomic E-state index is 8.68. The molecule has 0 heterocycles. The molecule has 0 fully saturated rings. The van der Waals surface area contributed by atoms with Gasteiger partial charge in [0.15, 0.2) is 11.5 Å². The molecule has 5 heteroatoms. The minimum Gasteiger partial charge on any atom is -0.493 e. The highest BCUT2D eigenvalue weighted by molar-refractivity contribution is 5.80. The summed E-state index contributed by atoms with van der Waals surface area (Å²) in [5, 5.41) is 12.7. The Hall–Kier alpha value is -2.53. The van der Waals surface area contributed by atoms with Crippen molar-refractivity contribution in [3.05, 3.63) is 59.2 Å². The lowest BCUT2D eigenvalue weighted by atomic mass is 10.2. The first-order valence-electron chi connectivity index (χ1n) is 7.46. The molecular weight excluding hydrogens is 292 g/mol. The number of aliphatic hydroxyl groups is 1. The van der Waals surface area contributed by atoms with Gasteiger partial charge in [-0.25, -0.2) is 0 Å². The summed E-state index contributed by atoms with van der Waals surface area (Å²) in [7, 11) is 1.61. The van der Waals surface area contributed by atoms with E-state index in [9.17, 15) is 0 Å². The quantitative estimate of drug-likeness (QED) is 0.446. The smallest absolute Gasteiger partial charge is 0.161 e. The number of hydrogen-bond donors (Lipinski definition) is 2. The van der Waals surface area contributed by atoms with Gasteiger partial charge in [-0.15, -0.1) is 0 Å². The molecule has 0 saturated heterocycles. The van der Waals surface area contributed by atoms with Crippen LogP contribution in [0.25, 0.3) is 0 Å². The first kappa shape index (κ1) is 16.8. The van der Waals surface area contributed by atoms with E-state index in [1.807, 2.05) is 18.2 Å². The van der Waals surface area contributed by atoms with Crippen LogP contribution in [0.5, 0.6) is 11.5 Å². The maximum Gasteiger partial charge on any atom is 0.161 e. The second-order valence-electron chi connectivity index (χ2n) is 5.07. The van der Waals surface area contributed by atoms with Crippen molar-refractivity contribution >= 4 is 6.21 Å². The van der Waals surface area contributed by atoms with Gasteiger partial charge < -0.3 is 20.0 Å². The molecule has 0 atom stereocenters. The molecular formula is C18H22N2O3. The minimum atomic E-state index is 0.0481. The zero-order valence-electron chi connectivity index (χ0n) is 13.5. The molecule has 0 amide bonds. The molecule has 0 aliphatic rings. The fourth-order valence-electron chi connectivity index (χ4n) is 1.96. The summed E-state index contributed by atoms with van der Waals surface area (Å²) in [6.45, 7) is 3.02. The predicted octanol–water partition coefficient (Wildman–Crippen LogP) is 2.50. The number of rotatable bonds is 8. The van der Waals surface area contributed by atoms with Crippen LogP contribution in [0, 0.1) is 6.92 Å². The number of hydrogen-bond acceptors (Lipinski definition) is 5. The molecule has 0 unspecified atom stereocenters. The zero-order valence-corrected chi connectivity index (χ0v) is 13.5. The lowest BCUT2D eigenvalue weighted by Crippen LogP contribution is -2.11. The summed E-state index contributed by atoms with van der Waals surface area (Å²) < 4.78 is 11.2. The summed E-state index contributed by atoms with van der Waals surface area (Å²) in [6.07, 6.45) is 1.67. The fourth-order valence-corrected chi connectivity index (χ4v) is 1.96. The highest BCUT2D eigenvalue weighted by Gasteiger charge is 2.05. The molecule has 2 aromatic rings. The summed E-state index contributed by atoms with van der Waals surface area (Å²) >= 11 is 0. The number of aliphatic hydroxyl groups excluding tert-OH is 1. The van der Waals surface area contributed by atoms with E-state index >= 15 is 0 Å². The van der Waals surface area contributed by atoms with Gasteiger partial charge in [0.2, 0.25) is 0 Å². The van der Waals surface area contributed by atoms with Crippen molar-refractivity contribution in [1.82, 2.24) is 5.43 Å². The Balaban J connectivity index is 2.01. The van der Waals surface area contributed by atoms with Crippen molar-refractivity contribution < 1.29 is 14.6 Å². The second-order valence-corrected chi connectivity index (χ2v) is 5.07. The molecule has 0 spiro atoms. The van der Waals surface area contributed by atoms with E-state index in [0.29, 0.717) is 24.7 Å². The van der Waals surface area contributed by atoms with Gasteiger partial charge >= 0.3 is 0 Å². The number of nitrogens with zero attached hydrogens (tertiary/aromatic N) is 1. The number of methoxy groups -OCH3 is 1. The van der Waals surface area contributed by atoms with Crippen LogP contribution < -0.4 is 14.9 Å². The third-order valence-electron chi connectivity index (χ3n) is 3.23.